The SMILES string of the molecule is CCOC(=O)C(NCc1ccccc1)(NC(=O)c1ccc(F)cc1)C(F)(F)F. The van der Waals surface area contributed by atoms with Crippen molar-refractivity contribution in [1.29, 1.82) is 0 Å². The van der Waals surface area contributed by atoms with Crippen molar-refractivity contribution in [3.8, 4) is 0 Å². The molecule has 0 spiro atoms. The predicted octanol–water partition coefficient (Wildman–Crippen LogP) is 3.17. The molecule has 28 heavy (non-hydrogen) atoms. The van der Waals surface area contributed by atoms with Crippen LogP contribution in [0.1, 0.15) is 22.8 Å². The highest BCUT2D eigenvalue weighted by molar-refractivity contribution is 5.98. The molecule has 150 valence electrons. The summed E-state index contributed by atoms with van der Waals surface area (Å²) in [5.74, 6) is -3.58. The van der Waals surface area contributed by atoms with Gasteiger partial charge in [0.15, 0.2) is 0 Å². The smallest absolute Gasteiger partial charge is 0.436 e. The van der Waals surface area contributed by atoms with Crippen LogP contribution in [0.4, 0.5) is 17.6 Å². The van der Waals surface area contributed by atoms with E-state index in [1.54, 1.807) is 35.6 Å². The number of hydrogen-bond donors (Lipinski definition) is 2. The number of rotatable bonds is 7. The normalized spacial score (nSPS) is 13.5. The van der Waals surface area contributed by atoms with E-state index in [-0.39, 0.29) is 18.7 Å². The van der Waals surface area contributed by atoms with Crippen LogP contribution in [-0.4, -0.2) is 30.3 Å². The maximum atomic E-state index is 14.0. The fourth-order valence-electron chi connectivity index (χ4n) is 2.37. The lowest BCUT2D eigenvalue weighted by Crippen LogP contribution is -2.72. The monoisotopic (exact) mass is 398 g/mol. The number of carbonyl (C=O) groups is 2. The van der Waals surface area contributed by atoms with E-state index in [2.05, 4.69) is 10.1 Å². The fraction of sp³-hybridized carbons (Fsp3) is 0.263. The van der Waals surface area contributed by atoms with Gasteiger partial charge in [-0.3, -0.25) is 10.1 Å². The largest absolute Gasteiger partial charge is 0.463 e. The van der Waals surface area contributed by atoms with Gasteiger partial charge < -0.3 is 10.1 Å². The Morgan fingerprint density at radius 2 is 1.61 bits per heavy atom. The van der Waals surface area contributed by atoms with Gasteiger partial charge in [-0.2, -0.15) is 13.2 Å². The van der Waals surface area contributed by atoms with Gasteiger partial charge in [0, 0.05) is 12.1 Å². The Balaban J connectivity index is 2.38. The zero-order valence-electron chi connectivity index (χ0n) is 14.8. The molecule has 0 heterocycles. The Hall–Kier alpha value is -2.94. The molecular weight excluding hydrogens is 380 g/mol. The average molecular weight is 398 g/mol. The summed E-state index contributed by atoms with van der Waals surface area (Å²) in [6.45, 7) is 0.650. The zero-order valence-corrected chi connectivity index (χ0v) is 14.8. The van der Waals surface area contributed by atoms with Crippen LogP contribution in [0, 0.1) is 5.82 Å². The van der Waals surface area contributed by atoms with Crippen molar-refractivity contribution in [3.63, 3.8) is 0 Å². The predicted molar refractivity (Wildman–Crippen MR) is 92.6 cm³/mol. The molecule has 0 aliphatic rings. The number of halogens is 4. The average Bonchev–Trinajstić information content (AvgIpc) is 2.65. The van der Waals surface area contributed by atoms with E-state index >= 15 is 0 Å². The Kier molecular flexibility index (Phi) is 6.74. The van der Waals surface area contributed by atoms with Gasteiger partial charge in [-0.1, -0.05) is 30.3 Å². The third kappa shape index (κ3) is 4.86. The first-order valence-corrected chi connectivity index (χ1v) is 8.30. The Morgan fingerprint density at radius 3 is 2.14 bits per heavy atom. The van der Waals surface area contributed by atoms with Crippen molar-refractivity contribution >= 4 is 11.9 Å². The van der Waals surface area contributed by atoms with Crippen LogP contribution in [0.25, 0.3) is 0 Å². The Bertz CT molecular complexity index is 810. The van der Waals surface area contributed by atoms with Gasteiger partial charge in [-0.05, 0) is 36.8 Å². The number of benzene rings is 2. The highest BCUT2D eigenvalue weighted by Crippen LogP contribution is 2.30. The molecule has 9 heteroatoms. The topological polar surface area (TPSA) is 67.4 Å². The summed E-state index contributed by atoms with van der Waals surface area (Å²) >= 11 is 0. The number of carbonyl (C=O) groups excluding carboxylic acids is 2. The van der Waals surface area contributed by atoms with Gasteiger partial charge in [0.05, 0.1) is 6.61 Å². The first-order chi connectivity index (χ1) is 13.2. The van der Waals surface area contributed by atoms with Crippen LogP contribution in [0.5, 0.6) is 0 Å². The van der Waals surface area contributed by atoms with Crippen LogP contribution >= 0.6 is 0 Å². The molecule has 1 amide bonds. The summed E-state index contributed by atoms with van der Waals surface area (Å²) in [4.78, 5) is 24.6. The first-order valence-electron chi connectivity index (χ1n) is 8.30. The molecule has 2 aromatic carbocycles. The molecular formula is C19H18F4N2O3. The van der Waals surface area contributed by atoms with Gasteiger partial charge in [-0.25, -0.2) is 9.18 Å². The van der Waals surface area contributed by atoms with Crippen LogP contribution in [-0.2, 0) is 16.1 Å². The van der Waals surface area contributed by atoms with E-state index in [0.717, 1.165) is 24.3 Å². The number of alkyl halides is 3. The number of amides is 1. The van der Waals surface area contributed by atoms with E-state index < -0.39 is 29.5 Å². The maximum Gasteiger partial charge on any atom is 0.436 e. The third-order valence-corrected chi connectivity index (χ3v) is 3.81. The van der Waals surface area contributed by atoms with Gasteiger partial charge in [0.25, 0.3) is 11.6 Å². The first kappa shape index (κ1) is 21.4. The van der Waals surface area contributed by atoms with Crippen LogP contribution in [0.15, 0.2) is 54.6 Å². The second-order valence-corrected chi connectivity index (χ2v) is 5.77. The lowest BCUT2D eigenvalue weighted by Gasteiger charge is -2.34. The summed E-state index contributed by atoms with van der Waals surface area (Å²) < 4.78 is 59.5. The van der Waals surface area contributed by atoms with E-state index in [1.807, 2.05) is 0 Å². The molecule has 2 N–H and O–H groups in total. The Labute approximate surface area is 158 Å². The van der Waals surface area contributed by atoms with Gasteiger partial charge in [0.2, 0.25) is 0 Å². The van der Waals surface area contributed by atoms with E-state index in [0.29, 0.717) is 5.56 Å². The molecule has 0 bridgehead atoms. The molecule has 0 fully saturated rings. The molecule has 2 rings (SSSR count). The van der Waals surface area contributed by atoms with Crippen molar-refractivity contribution in [2.75, 3.05) is 6.61 Å². The molecule has 0 aliphatic carbocycles. The van der Waals surface area contributed by atoms with Crippen molar-refractivity contribution in [2.24, 2.45) is 0 Å². The van der Waals surface area contributed by atoms with E-state index in [9.17, 15) is 27.2 Å². The number of hydrogen-bond acceptors (Lipinski definition) is 4. The fourth-order valence-corrected chi connectivity index (χ4v) is 2.37. The minimum Gasteiger partial charge on any atom is -0.463 e. The number of ether oxygens (including phenoxy) is 1. The molecule has 1 unspecified atom stereocenters. The zero-order chi connectivity index (χ0) is 20.8. The quantitative estimate of drug-likeness (QED) is 0.427. The summed E-state index contributed by atoms with van der Waals surface area (Å²) in [5, 5.41) is 3.77. The second-order valence-electron chi connectivity index (χ2n) is 5.77. The standard InChI is InChI=1S/C19H18F4N2O3/c1-2-28-17(27)18(19(21,22)23,24-12-13-6-4-3-5-7-13)25-16(26)14-8-10-15(20)11-9-14/h3-11,24H,2,12H2,1H3,(H,25,26). The molecule has 5 nitrogen and oxygen atoms in total. The summed E-state index contributed by atoms with van der Waals surface area (Å²) in [7, 11) is 0. The highest BCUT2D eigenvalue weighted by atomic mass is 19.4. The van der Waals surface area contributed by atoms with Gasteiger partial charge >= 0.3 is 12.1 Å². The van der Waals surface area contributed by atoms with Crippen molar-refractivity contribution in [1.82, 2.24) is 10.6 Å². The molecule has 0 aromatic heterocycles. The number of esters is 1. The van der Waals surface area contributed by atoms with Crippen LogP contribution in [0.2, 0.25) is 0 Å². The second kappa shape index (κ2) is 8.83. The summed E-state index contributed by atoms with van der Waals surface area (Å²) in [5.41, 5.74) is -3.28. The summed E-state index contributed by atoms with van der Waals surface area (Å²) in [6.07, 6.45) is -5.22. The minimum atomic E-state index is -5.22. The Morgan fingerprint density at radius 1 is 1.00 bits per heavy atom. The van der Waals surface area contributed by atoms with E-state index in [4.69, 9.17) is 0 Å². The van der Waals surface area contributed by atoms with Gasteiger partial charge in [0.1, 0.15) is 5.82 Å². The van der Waals surface area contributed by atoms with Crippen molar-refractivity contribution in [3.05, 3.63) is 71.5 Å². The third-order valence-electron chi connectivity index (χ3n) is 3.81. The maximum absolute atomic E-state index is 14.0. The van der Waals surface area contributed by atoms with E-state index in [1.165, 1.54) is 6.92 Å². The molecule has 2 aromatic rings. The summed E-state index contributed by atoms with van der Waals surface area (Å²) in [6, 6.07) is 11.9. The van der Waals surface area contributed by atoms with Crippen LogP contribution < -0.4 is 10.6 Å². The highest BCUT2D eigenvalue weighted by Gasteiger charge is 2.63. The van der Waals surface area contributed by atoms with Crippen molar-refractivity contribution < 1.29 is 31.9 Å². The lowest BCUT2D eigenvalue weighted by molar-refractivity contribution is -0.219. The molecule has 0 radical (unpaired) electrons. The van der Waals surface area contributed by atoms with Crippen LogP contribution in [0.3, 0.4) is 0 Å². The van der Waals surface area contributed by atoms with Gasteiger partial charge in [-0.15, -0.1) is 0 Å². The van der Waals surface area contributed by atoms with Crippen molar-refractivity contribution in [2.45, 2.75) is 25.3 Å². The molecule has 1 atom stereocenters. The molecule has 0 aliphatic heterocycles. The molecule has 0 saturated heterocycles. The number of nitrogens with one attached hydrogen (secondary N) is 2. The lowest BCUT2D eigenvalue weighted by atomic mass is 10.1. The minimum absolute atomic E-state index is 0.249. The molecule has 0 saturated carbocycles.